The third-order valence-corrected chi connectivity index (χ3v) is 2.38. The molecule has 4 nitrogen and oxygen atoms in total. The second kappa shape index (κ2) is 4.06. The quantitative estimate of drug-likeness (QED) is 0.757. The summed E-state index contributed by atoms with van der Waals surface area (Å²) < 4.78 is 31.3. The molecular formula is C12H7F2N3O. The Bertz CT molecular complexity index is 711. The fraction of sp³-hybridized carbons (Fsp3) is 0. The molecule has 3 aromatic rings. The van der Waals surface area contributed by atoms with Crippen LogP contribution in [0, 0.1) is 11.6 Å². The predicted octanol–water partition coefficient (Wildman–Crippen LogP) is 3.03. The zero-order chi connectivity index (χ0) is 12.5. The fourth-order valence-corrected chi connectivity index (χ4v) is 1.54. The van der Waals surface area contributed by atoms with E-state index in [-0.39, 0.29) is 11.6 Å². The summed E-state index contributed by atoms with van der Waals surface area (Å²) in [7, 11) is 0. The van der Waals surface area contributed by atoms with Crippen molar-refractivity contribution in [3.05, 3.63) is 48.2 Å². The van der Waals surface area contributed by atoms with Crippen LogP contribution in [0.3, 0.4) is 0 Å². The molecule has 6 heteroatoms. The van der Waals surface area contributed by atoms with Gasteiger partial charge in [0.05, 0.1) is 6.20 Å². The van der Waals surface area contributed by atoms with Gasteiger partial charge in [-0.1, -0.05) is 0 Å². The molecule has 0 unspecified atom stereocenters. The third-order valence-electron chi connectivity index (χ3n) is 2.38. The maximum atomic E-state index is 13.4. The number of ether oxygens (including phenoxy) is 1. The van der Waals surface area contributed by atoms with Crippen LogP contribution in [0.4, 0.5) is 8.78 Å². The Morgan fingerprint density at radius 3 is 2.83 bits per heavy atom. The van der Waals surface area contributed by atoms with Crippen LogP contribution in [0.1, 0.15) is 0 Å². The number of hydrogen-bond acceptors (Lipinski definition) is 3. The van der Waals surface area contributed by atoms with E-state index in [2.05, 4.69) is 15.2 Å². The molecule has 0 saturated carbocycles. The van der Waals surface area contributed by atoms with Crippen molar-refractivity contribution in [2.45, 2.75) is 0 Å². The number of H-pyrrole nitrogens is 1. The number of rotatable bonds is 2. The van der Waals surface area contributed by atoms with E-state index in [0.717, 1.165) is 17.5 Å². The maximum Gasteiger partial charge on any atom is 0.221 e. The summed E-state index contributed by atoms with van der Waals surface area (Å²) in [6.07, 6.45) is 1.62. The summed E-state index contributed by atoms with van der Waals surface area (Å²) in [4.78, 5) is 4.09. The number of benzene rings is 1. The van der Waals surface area contributed by atoms with E-state index >= 15 is 0 Å². The number of halogens is 2. The molecule has 1 N–H and O–H groups in total. The van der Waals surface area contributed by atoms with E-state index in [0.29, 0.717) is 5.65 Å². The molecule has 0 fully saturated rings. The van der Waals surface area contributed by atoms with E-state index in [4.69, 9.17) is 4.74 Å². The smallest absolute Gasteiger partial charge is 0.221 e. The van der Waals surface area contributed by atoms with Gasteiger partial charge in [-0.3, -0.25) is 5.10 Å². The lowest BCUT2D eigenvalue weighted by Crippen LogP contribution is -1.92. The van der Waals surface area contributed by atoms with Crippen LogP contribution in [0.2, 0.25) is 0 Å². The predicted molar refractivity (Wildman–Crippen MR) is 60.3 cm³/mol. The van der Waals surface area contributed by atoms with E-state index in [1.165, 1.54) is 6.07 Å². The van der Waals surface area contributed by atoms with E-state index in [1.54, 1.807) is 18.3 Å². The van der Waals surface area contributed by atoms with Gasteiger partial charge < -0.3 is 4.74 Å². The SMILES string of the molecule is Fc1ccc(Oc2ccc3cn[nH]c3n2)c(F)c1. The van der Waals surface area contributed by atoms with Crippen molar-refractivity contribution >= 4 is 11.0 Å². The molecule has 3 rings (SSSR count). The highest BCUT2D eigenvalue weighted by Gasteiger charge is 2.07. The Labute approximate surface area is 100 Å². The van der Waals surface area contributed by atoms with Crippen LogP contribution >= 0.6 is 0 Å². The molecule has 0 atom stereocenters. The molecular weight excluding hydrogens is 240 g/mol. The highest BCUT2D eigenvalue weighted by Crippen LogP contribution is 2.24. The Balaban J connectivity index is 1.95. The van der Waals surface area contributed by atoms with Crippen molar-refractivity contribution in [1.29, 1.82) is 0 Å². The van der Waals surface area contributed by atoms with Crippen LogP contribution in [0.15, 0.2) is 36.5 Å². The first-order chi connectivity index (χ1) is 8.72. The summed E-state index contributed by atoms with van der Waals surface area (Å²) in [5.74, 6) is -1.31. The van der Waals surface area contributed by atoms with Crippen LogP contribution in [0.25, 0.3) is 11.0 Å². The van der Waals surface area contributed by atoms with Gasteiger partial charge >= 0.3 is 0 Å². The summed E-state index contributed by atoms with van der Waals surface area (Å²) in [6, 6.07) is 6.41. The molecule has 0 aliphatic rings. The second-order valence-electron chi connectivity index (χ2n) is 3.63. The van der Waals surface area contributed by atoms with Gasteiger partial charge in [0.25, 0.3) is 0 Å². The lowest BCUT2D eigenvalue weighted by atomic mass is 10.3. The molecule has 1 aromatic carbocycles. The number of pyridine rings is 1. The van der Waals surface area contributed by atoms with Gasteiger partial charge in [0, 0.05) is 17.5 Å². The molecule has 18 heavy (non-hydrogen) atoms. The Morgan fingerprint density at radius 1 is 1.11 bits per heavy atom. The van der Waals surface area contributed by atoms with Gasteiger partial charge in [-0.25, -0.2) is 8.78 Å². The highest BCUT2D eigenvalue weighted by molar-refractivity contribution is 5.74. The fourth-order valence-electron chi connectivity index (χ4n) is 1.54. The number of fused-ring (bicyclic) bond motifs is 1. The van der Waals surface area contributed by atoms with Crippen LogP contribution < -0.4 is 4.74 Å². The van der Waals surface area contributed by atoms with Crippen molar-refractivity contribution in [3.8, 4) is 11.6 Å². The number of nitrogens with zero attached hydrogens (tertiary/aromatic N) is 2. The lowest BCUT2D eigenvalue weighted by Gasteiger charge is -2.05. The van der Waals surface area contributed by atoms with Crippen LogP contribution in [-0.2, 0) is 0 Å². The molecule has 0 radical (unpaired) electrons. The number of aromatic nitrogens is 3. The topological polar surface area (TPSA) is 50.8 Å². The maximum absolute atomic E-state index is 13.4. The second-order valence-corrected chi connectivity index (χ2v) is 3.63. The standard InChI is InChI=1S/C12H7F2N3O/c13-8-2-3-10(9(14)5-8)18-11-4-1-7-6-15-17-12(7)16-11/h1-6H,(H,15,16,17). The zero-order valence-corrected chi connectivity index (χ0v) is 9.02. The monoisotopic (exact) mass is 247 g/mol. The molecule has 90 valence electrons. The third kappa shape index (κ3) is 1.88. The van der Waals surface area contributed by atoms with Crippen LogP contribution in [0.5, 0.6) is 11.6 Å². The molecule has 2 heterocycles. The molecule has 0 spiro atoms. The van der Waals surface area contributed by atoms with Gasteiger partial charge in [-0.15, -0.1) is 0 Å². The molecule has 0 saturated heterocycles. The van der Waals surface area contributed by atoms with Crippen molar-refractivity contribution in [2.75, 3.05) is 0 Å². The average molecular weight is 247 g/mol. The Morgan fingerprint density at radius 2 is 2.00 bits per heavy atom. The summed E-state index contributed by atoms with van der Waals surface area (Å²) in [6.45, 7) is 0. The minimum Gasteiger partial charge on any atom is -0.436 e. The van der Waals surface area contributed by atoms with E-state index in [1.807, 2.05) is 0 Å². The lowest BCUT2D eigenvalue weighted by molar-refractivity contribution is 0.425. The number of nitrogens with one attached hydrogen (secondary N) is 1. The first-order valence-electron chi connectivity index (χ1n) is 5.15. The number of aromatic amines is 1. The van der Waals surface area contributed by atoms with Gasteiger partial charge in [-0.2, -0.15) is 10.1 Å². The molecule has 2 aromatic heterocycles. The first-order valence-corrected chi connectivity index (χ1v) is 5.15. The van der Waals surface area contributed by atoms with Gasteiger partial charge in [0.2, 0.25) is 5.88 Å². The summed E-state index contributed by atoms with van der Waals surface area (Å²) in [5, 5.41) is 7.31. The Hall–Kier alpha value is -2.50. The minimum atomic E-state index is -0.776. The largest absolute Gasteiger partial charge is 0.436 e. The first kappa shape index (κ1) is 10.6. The average Bonchev–Trinajstić information content (AvgIpc) is 2.80. The minimum absolute atomic E-state index is 0.0808. The van der Waals surface area contributed by atoms with Crippen molar-refractivity contribution < 1.29 is 13.5 Å². The van der Waals surface area contributed by atoms with Gasteiger partial charge in [0.1, 0.15) is 5.82 Å². The van der Waals surface area contributed by atoms with Crippen molar-refractivity contribution in [3.63, 3.8) is 0 Å². The zero-order valence-electron chi connectivity index (χ0n) is 9.02. The number of hydrogen-bond donors (Lipinski definition) is 1. The molecule has 0 bridgehead atoms. The van der Waals surface area contributed by atoms with Crippen molar-refractivity contribution in [2.24, 2.45) is 0 Å². The van der Waals surface area contributed by atoms with E-state index in [9.17, 15) is 8.78 Å². The Kier molecular flexibility index (Phi) is 2.40. The molecule has 0 aliphatic heterocycles. The van der Waals surface area contributed by atoms with Gasteiger partial charge in [0.15, 0.2) is 17.2 Å². The normalized spacial score (nSPS) is 10.8. The summed E-state index contributed by atoms with van der Waals surface area (Å²) in [5.41, 5.74) is 0.537. The van der Waals surface area contributed by atoms with Gasteiger partial charge in [-0.05, 0) is 18.2 Å². The molecule has 0 aliphatic carbocycles. The molecule has 0 amide bonds. The summed E-state index contributed by atoms with van der Waals surface area (Å²) >= 11 is 0. The highest BCUT2D eigenvalue weighted by atomic mass is 19.1. The van der Waals surface area contributed by atoms with Crippen molar-refractivity contribution in [1.82, 2.24) is 15.2 Å². The van der Waals surface area contributed by atoms with Crippen LogP contribution in [-0.4, -0.2) is 15.2 Å². The van der Waals surface area contributed by atoms with E-state index < -0.39 is 11.6 Å².